The Morgan fingerprint density at radius 2 is 1.84 bits per heavy atom. The van der Waals surface area contributed by atoms with Gasteiger partial charge >= 0.3 is 0 Å². The molecule has 0 aliphatic carbocycles. The van der Waals surface area contributed by atoms with Crippen molar-refractivity contribution in [1.82, 2.24) is 5.32 Å². The van der Waals surface area contributed by atoms with Crippen molar-refractivity contribution in [2.45, 2.75) is 40.2 Å². The fourth-order valence-electron chi connectivity index (χ4n) is 2.85. The second kappa shape index (κ2) is 9.02. The van der Waals surface area contributed by atoms with Gasteiger partial charge in [-0.3, -0.25) is 9.59 Å². The van der Waals surface area contributed by atoms with Crippen molar-refractivity contribution in [2.24, 2.45) is 0 Å². The van der Waals surface area contributed by atoms with Crippen molar-refractivity contribution in [3.8, 4) is 0 Å². The highest BCUT2D eigenvalue weighted by Crippen LogP contribution is 2.21. The van der Waals surface area contributed by atoms with Crippen LogP contribution in [0.2, 0.25) is 0 Å². The Labute approximate surface area is 149 Å². The molecule has 0 aromatic heterocycles. The third-order valence-electron chi connectivity index (χ3n) is 4.18. The Morgan fingerprint density at radius 1 is 1.08 bits per heavy atom. The molecule has 2 amide bonds. The zero-order chi connectivity index (χ0) is 18.2. The van der Waals surface area contributed by atoms with Crippen LogP contribution in [-0.2, 0) is 22.6 Å². The molecule has 0 heterocycles. The van der Waals surface area contributed by atoms with Crippen molar-refractivity contribution in [3.63, 3.8) is 0 Å². The average Bonchev–Trinajstić information content (AvgIpc) is 2.60. The van der Waals surface area contributed by atoms with Gasteiger partial charge in [-0.05, 0) is 30.5 Å². The highest BCUT2D eigenvalue weighted by atomic mass is 16.2. The van der Waals surface area contributed by atoms with Crippen LogP contribution in [0.25, 0.3) is 0 Å². The van der Waals surface area contributed by atoms with Crippen LogP contribution < -0.4 is 10.2 Å². The maximum Gasteiger partial charge on any atom is 0.223 e. The van der Waals surface area contributed by atoms with Gasteiger partial charge in [0.25, 0.3) is 0 Å². The fourth-order valence-corrected chi connectivity index (χ4v) is 2.85. The highest BCUT2D eigenvalue weighted by Gasteiger charge is 2.15. The smallest absolute Gasteiger partial charge is 0.223 e. The minimum Gasteiger partial charge on any atom is -0.352 e. The topological polar surface area (TPSA) is 49.4 Å². The average molecular weight is 338 g/mol. The molecule has 2 rings (SSSR count). The van der Waals surface area contributed by atoms with Gasteiger partial charge in [-0.1, -0.05) is 55.0 Å². The predicted molar refractivity (Wildman–Crippen MR) is 101 cm³/mol. The molecule has 2 aromatic rings. The molecule has 0 bridgehead atoms. The number of nitrogens with one attached hydrogen (secondary N) is 1. The minimum absolute atomic E-state index is 0.0487. The molecular formula is C21H26N2O2. The van der Waals surface area contributed by atoms with Crippen molar-refractivity contribution < 1.29 is 9.59 Å². The van der Waals surface area contributed by atoms with Gasteiger partial charge in [0, 0.05) is 32.1 Å². The number of para-hydroxylation sites is 1. The largest absolute Gasteiger partial charge is 0.352 e. The van der Waals surface area contributed by atoms with E-state index in [1.165, 1.54) is 12.5 Å². The lowest BCUT2D eigenvalue weighted by molar-refractivity contribution is -0.121. The zero-order valence-corrected chi connectivity index (χ0v) is 15.2. The first kappa shape index (κ1) is 18.7. The van der Waals surface area contributed by atoms with Crippen LogP contribution in [0.15, 0.2) is 48.5 Å². The molecule has 4 nitrogen and oxygen atoms in total. The van der Waals surface area contributed by atoms with Crippen LogP contribution >= 0.6 is 0 Å². The third-order valence-corrected chi connectivity index (χ3v) is 4.18. The van der Waals surface area contributed by atoms with Gasteiger partial charge in [0.2, 0.25) is 11.8 Å². The van der Waals surface area contributed by atoms with E-state index >= 15 is 0 Å². The number of carbonyl (C=O) groups excluding carboxylic acids is 2. The molecule has 0 radical (unpaired) electrons. The fraction of sp³-hybridized carbons (Fsp3) is 0.333. The Bertz CT molecular complexity index is 740. The number of nitrogens with zero attached hydrogens (tertiary/aromatic N) is 1. The Hall–Kier alpha value is -2.62. The lowest BCUT2D eigenvalue weighted by atomic mass is 10.1. The van der Waals surface area contributed by atoms with Crippen molar-refractivity contribution >= 4 is 17.5 Å². The molecule has 4 heteroatoms. The molecule has 132 valence electrons. The summed E-state index contributed by atoms with van der Waals surface area (Å²) in [4.78, 5) is 25.9. The number of rotatable bonds is 7. The van der Waals surface area contributed by atoms with E-state index in [4.69, 9.17) is 0 Å². The number of aryl methyl sites for hydroxylation is 2. The normalized spacial score (nSPS) is 10.4. The number of amides is 2. The molecular weight excluding hydrogens is 312 g/mol. The quantitative estimate of drug-likeness (QED) is 0.838. The van der Waals surface area contributed by atoms with E-state index in [2.05, 4.69) is 18.3 Å². The van der Waals surface area contributed by atoms with Gasteiger partial charge < -0.3 is 10.2 Å². The van der Waals surface area contributed by atoms with E-state index in [1.54, 1.807) is 4.90 Å². The molecule has 0 spiro atoms. The Balaban J connectivity index is 1.94. The van der Waals surface area contributed by atoms with Gasteiger partial charge in [-0.25, -0.2) is 0 Å². The van der Waals surface area contributed by atoms with E-state index in [1.807, 2.05) is 49.4 Å². The maximum absolute atomic E-state index is 12.2. The first-order valence-corrected chi connectivity index (χ1v) is 8.69. The summed E-state index contributed by atoms with van der Waals surface area (Å²) in [6.07, 6.45) is 1.13. The Morgan fingerprint density at radius 3 is 2.52 bits per heavy atom. The van der Waals surface area contributed by atoms with E-state index in [0.29, 0.717) is 13.1 Å². The first-order valence-electron chi connectivity index (χ1n) is 8.69. The van der Waals surface area contributed by atoms with E-state index in [9.17, 15) is 9.59 Å². The predicted octanol–water partition coefficient (Wildman–Crippen LogP) is 3.62. The summed E-state index contributed by atoms with van der Waals surface area (Å²) in [5.41, 5.74) is 4.25. The number of hydrogen-bond donors (Lipinski definition) is 1. The second-order valence-electron chi connectivity index (χ2n) is 6.17. The van der Waals surface area contributed by atoms with Gasteiger partial charge in [-0.15, -0.1) is 0 Å². The molecule has 0 aliphatic rings. The van der Waals surface area contributed by atoms with Crippen molar-refractivity contribution in [1.29, 1.82) is 0 Å². The summed E-state index contributed by atoms with van der Waals surface area (Å²) in [7, 11) is 0. The van der Waals surface area contributed by atoms with Crippen LogP contribution in [0.3, 0.4) is 0 Å². The van der Waals surface area contributed by atoms with Gasteiger partial charge in [-0.2, -0.15) is 0 Å². The first-order chi connectivity index (χ1) is 12.0. The second-order valence-corrected chi connectivity index (χ2v) is 6.17. The van der Waals surface area contributed by atoms with Crippen molar-refractivity contribution in [3.05, 3.63) is 65.2 Å². The van der Waals surface area contributed by atoms with Crippen LogP contribution in [0.4, 0.5) is 5.69 Å². The molecule has 0 fully saturated rings. The maximum atomic E-state index is 12.2. The van der Waals surface area contributed by atoms with Crippen LogP contribution in [0.5, 0.6) is 0 Å². The molecule has 1 N–H and O–H groups in total. The lowest BCUT2D eigenvalue weighted by Gasteiger charge is -2.23. The molecule has 0 atom stereocenters. The molecule has 2 aromatic carbocycles. The van der Waals surface area contributed by atoms with Crippen LogP contribution in [0, 0.1) is 6.92 Å². The lowest BCUT2D eigenvalue weighted by Crippen LogP contribution is -2.34. The van der Waals surface area contributed by atoms with E-state index in [0.717, 1.165) is 23.2 Å². The van der Waals surface area contributed by atoms with Gasteiger partial charge in [0.15, 0.2) is 0 Å². The molecule has 0 aliphatic heterocycles. The minimum atomic E-state index is -0.0539. The van der Waals surface area contributed by atoms with Gasteiger partial charge in [0.05, 0.1) is 0 Å². The van der Waals surface area contributed by atoms with Gasteiger partial charge in [0.1, 0.15) is 0 Å². The standard InChI is InChI=1S/C21H26N2O2/c1-4-19-10-5-6-11-20(19)23(17(3)24)13-12-21(25)22-15-18-9-7-8-16(2)14-18/h5-11,14H,4,12-13,15H2,1-3H3,(H,22,25). The number of anilines is 1. The summed E-state index contributed by atoms with van der Waals surface area (Å²) in [5.74, 6) is -0.103. The molecule has 0 unspecified atom stereocenters. The summed E-state index contributed by atoms with van der Waals surface area (Å²) in [6, 6.07) is 15.9. The summed E-state index contributed by atoms with van der Waals surface area (Å²) in [6.45, 7) is 6.52. The number of carbonyl (C=O) groups is 2. The third kappa shape index (κ3) is 5.45. The van der Waals surface area contributed by atoms with Crippen LogP contribution in [-0.4, -0.2) is 18.4 Å². The van der Waals surface area contributed by atoms with Crippen molar-refractivity contribution in [2.75, 3.05) is 11.4 Å². The van der Waals surface area contributed by atoms with Crippen LogP contribution in [0.1, 0.15) is 37.0 Å². The summed E-state index contributed by atoms with van der Waals surface area (Å²) in [5, 5.41) is 2.92. The van der Waals surface area contributed by atoms with E-state index < -0.39 is 0 Å². The SMILES string of the molecule is CCc1ccccc1N(CCC(=O)NCc1cccc(C)c1)C(C)=O. The highest BCUT2D eigenvalue weighted by molar-refractivity contribution is 5.93. The van der Waals surface area contributed by atoms with E-state index in [-0.39, 0.29) is 18.2 Å². The number of benzene rings is 2. The molecule has 0 saturated carbocycles. The summed E-state index contributed by atoms with van der Waals surface area (Å²) >= 11 is 0. The molecule has 25 heavy (non-hydrogen) atoms. The summed E-state index contributed by atoms with van der Waals surface area (Å²) < 4.78 is 0. The monoisotopic (exact) mass is 338 g/mol. The number of hydrogen-bond acceptors (Lipinski definition) is 2. The zero-order valence-electron chi connectivity index (χ0n) is 15.2. The Kier molecular flexibility index (Phi) is 6.75. The molecule has 0 saturated heterocycles.